The second kappa shape index (κ2) is 3.42. The summed E-state index contributed by atoms with van der Waals surface area (Å²) >= 11 is 0. The van der Waals surface area contributed by atoms with Gasteiger partial charge >= 0.3 is 0 Å². The highest BCUT2D eigenvalue weighted by Crippen LogP contribution is 2.28. The summed E-state index contributed by atoms with van der Waals surface area (Å²) in [5, 5.41) is 12.1. The maximum Gasteiger partial charge on any atom is 0.252 e. The number of hydrogen-bond donors (Lipinski definition) is 2. The number of fused-ring (bicyclic) bond motifs is 1. The minimum atomic E-state index is -0.397. The van der Waals surface area contributed by atoms with E-state index in [0.717, 1.165) is 11.1 Å². The molecule has 2 unspecified atom stereocenters. The van der Waals surface area contributed by atoms with Crippen molar-refractivity contribution in [2.75, 3.05) is 0 Å². The highest BCUT2D eigenvalue weighted by Gasteiger charge is 2.28. The Balaban J connectivity index is 2.30. The van der Waals surface area contributed by atoms with Gasteiger partial charge in [-0.25, -0.2) is 0 Å². The van der Waals surface area contributed by atoms with E-state index in [4.69, 9.17) is 0 Å². The highest BCUT2D eigenvalue weighted by atomic mass is 16.3. The van der Waals surface area contributed by atoms with Crippen LogP contribution in [-0.4, -0.2) is 17.1 Å². The molecule has 2 rings (SSSR count). The molecule has 3 heteroatoms. The lowest BCUT2D eigenvalue weighted by atomic mass is 10.0. The molecule has 0 radical (unpaired) electrons. The van der Waals surface area contributed by atoms with Crippen LogP contribution in [0.1, 0.15) is 35.3 Å². The number of nitrogens with one attached hydrogen (secondary N) is 1. The Labute approximate surface area is 82.8 Å². The maximum absolute atomic E-state index is 11.5. The van der Waals surface area contributed by atoms with Gasteiger partial charge in [0, 0.05) is 5.56 Å². The first-order valence-electron chi connectivity index (χ1n) is 4.76. The third-order valence-electron chi connectivity index (χ3n) is 2.46. The lowest BCUT2D eigenvalue weighted by Crippen LogP contribution is -2.22. The fraction of sp³-hybridized carbons (Fsp3) is 0.364. The molecule has 14 heavy (non-hydrogen) atoms. The molecule has 1 aliphatic heterocycles. The average Bonchev–Trinajstić information content (AvgIpc) is 2.44. The number of aliphatic hydroxyl groups is 1. The van der Waals surface area contributed by atoms with Gasteiger partial charge in [0.2, 0.25) is 0 Å². The summed E-state index contributed by atoms with van der Waals surface area (Å²) in [5.74, 6) is -0.0359. The van der Waals surface area contributed by atoms with E-state index in [1.54, 1.807) is 6.92 Å². The maximum atomic E-state index is 11.5. The van der Waals surface area contributed by atoms with E-state index in [9.17, 15) is 9.90 Å². The van der Waals surface area contributed by atoms with Crippen molar-refractivity contribution in [3.63, 3.8) is 0 Å². The van der Waals surface area contributed by atoms with Crippen molar-refractivity contribution in [1.82, 2.24) is 5.32 Å². The SMILES string of the molecule is CC(O)CC1NC(=O)c2ccccc21. The predicted octanol–water partition coefficient (Wildman–Crippen LogP) is 1.24. The Hall–Kier alpha value is -1.35. The molecule has 1 heterocycles. The Morgan fingerprint density at radius 1 is 1.50 bits per heavy atom. The van der Waals surface area contributed by atoms with Crippen LogP contribution in [0.25, 0.3) is 0 Å². The van der Waals surface area contributed by atoms with Crippen molar-refractivity contribution >= 4 is 5.91 Å². The van der Waals surface area contributed by atoms with Crippen LogP contribution in [0.4, 0.5) is 0 Å². The largest absolute Gasteiger partial charge is 0.393 e. The van der Waals surface area contributed by atoms with Gasteiger partial charge in [-0.3, -0.25) is 4.79 Å². The molecule has 3 nitrogen and oxygen atoms in total. The Bertz CT molecular complexity index is 360. The van der Waals surface area contributed by atoms with Gasteiger partial charge in [0.25, 0.3) is 5.91 Å². The van der Waals surface area contributed by atoms with E-state index in [-0.39, 0.29) is 11.9 Å². The quantitative estimate of drug-likeness (QED) is 0.739. The van der Waals surface area contributed by atoms with Gasteiger partial charge in [0.1, 0.15) is 0 Å². The zero-order chi connectivity index (χ0) is 10.1. The Kier molecular flexibility index (Phi) is 2.25. The number of amides is 1. The first-order chi connectivity index (χ1) is 6.68. The number of aliphatic hydroxyl groups excluding tert-OH is 1. The fourth-order valence-electron chi connectivity index (χ4n) is 1.85. The molecular weight excluding hydrogens is 178 g/mol. The number of carbonyl (C=O) groups is 1. The summed E-state index contributed by atoms with van der Waals surface area (Å²) in [7, 11) is 0. The van der Waals surface area contributed by atoms with Crippen molar-refractivity contribution in [2.24, 2.45) is 0 Å². The van der Waals surface area contributed by atoms with Gasteiger partial charge in [0.15, 0.2) is 0 Å². The van der Waals surface area contributed by atoms with Gasteiger partial charge in [-0.15, -0.1) is 0 Å². The molecule has 0 bridgehead atoms. The minimum absolute atomic E-state index is 0.0290. The molecule has 1 aromatic rings. The van der Waals surface area contributed by atoms with Crippen molar-refractivity contribution in [1.29, 1.82) is 0 Å². The fourth-order valence-corrected chi connectivity index (χ4v) is 1.85. The summed E-state index contributed by atoms with van der Waals surface area (Å²) in [5.41, 5.74) is 1.73. The molecule has 2 atom stereocenters. The summed E-state index contributed by atoms with van der Waals surface area (Å²) in [6.45, 7) is 1.73. The van der Waals surface area contributed by atoms with E-state index >= 15 is 0 Å². The number of benzene rings is 1. The molecule has 1 aromatic carbocycles. The lowest BCUT2D eigenvalue weighted by Gasteiger charge is -2.13. The van der Waals surface area contributed by atoms with Gasteiger partial charge < -0.3 is 10.4 Å². The van der Waals surface area contributed by atoms with Gasteiger partial charge in [-0.2, -0.15) is 0 Å². The smallest absolute Gasteiger partial charge is 0.252 e. The predicted molar refractivity (Wildman–Crippen MR) is 52.9 cm³/mol. The van der Waals surface area contributed by atoms with Crippen molar-refractivity contribution in [3.05, 3.63) is 35.4 Å². The van der Waals surface area contributed by atoms with E-state index < -0.39 is 6.10 Å². The van der Waals surface area contributed by atoms with Gasteiger partial charge in [-0.1, -0.05) is 18.2 Å². The zero-order valence-electron chi connectivity index (χ0n) is 8.03. The second-order valence-electron chi connectivity index (χ2n) is 3.70. The molecular formula is C11H13NO2. The molecule has 1 amide bonds. The molecule has 0 fully saturated rings. The molecule has 0 aliphatic carbocycles. The Morgan fingerprint density at radius 3 is 2.93 bits per heavy atom. The molecule has 2 N–H and O–H groups in total. The highest BCUT2D eigenvalue weighted by molar-refractivity contribution is 5.99. The minimum Gasteiger partial charge on any atom is -0.393 e. The normalized spacial score (nSPS) is 21.6. The third-order valence-corrected chi connectivity index (χ3v) is 2.46. The summed E-state index contributed by atoms with van der Waals surface area (Å²) < 4.78 is 0. The van der Waals surface area contributed by atoms with Crippen LogP contribution in [0.5, 0.6) is 0 Å². The topological polar surface area (TPSA) is 49.3 Å². The van der Waals surface area contributed by atoms with E-state index in [0.29, 0.717) is 6.42 Å². The monoisotopic (exact) mass is 191 g/mol. The zero-order valence-corrected chi connectivity index (χ0v) is 8.03. The van der Waals surface area contributed by atoms with Crippen LogP contribution in [-0.2, 0) is 0 Å². The average molecular weight is 191 g/mol. The molecule has 0 spiro atoms. The van der Waals surface area contributed by atoms with Crippen molar-refractivity contribution in [2.45, 2.75) is 25.5 Å². The molecule has 1 aliphatic rings. The van der Waals surface area contributed by atoms with Crippen molar-refractivity contribution in [3.8, 4) is 0 Å². The summed E-state index contributed by atoms with van der Waals surface area (Å²) in [4.78, 5) is 11.5. The summed E-state index contributed by atoms with van der Waals surface area (Å²) in [6, 6.07) is 7.48. The van der Waals surface area contributed by atoms with Crippen molar-refractivity contribution < 1.29 is 9.90 Å². The third kappa shape index (κ3) is 1.51. The molecule has 0 saturated carbocycles. The Morgan fingerprint density at radius 2 is 2.21 bits per heavy atom. The molecule has 0 saturated heterocycles. The van der Waals surface area contributed by atoms with Gasteiger partial charge in [0.05, 0.1) is 12.1 Å². The van der Waals surface area contributed by atoms with Crippen LogP contribution in [0.15, 0.2) is 24.3 Å². The molecule has 0 aromatic heterocycles. The number of hydrogen-bond acceptors (Lipinski definition) is 2. The first-order valence-corrected chi connectivity index (χ1v) is 4.76. The van der Waals surface area contributed by atoms with E-state index in [1.807, 2.05) is 24.3 Å². The van der Waals surface area contributed by atoms with Crippen LogP contribution in [0.2, 0.25) is 0 Å². The van der Waals surface area contributed by atoms with Crippen LogP contribution in [0, 0.1) is 0 Å². The van der Waals surface area contributed by atoms with Crippen LogP contribution in [0.3, 0.4) is 0 Å². The lowest BCUT2D eigenvalue weighted by molar-refractivity contribution is 0.0943. The number of rotatable bonds is 2. The van der Waals surface area contributed by atoms with Gasteiger partial charge in [-0.05, 0) is 25.0 Å². The van der Waals surface area contributed by atoms with E-state index in [2.05, 4.69) is 5.32 Å². The standard InChI is InChI=1S/C11H13NO2/c1-7(13)6-10-8-4-2-3-5-9(8)11(14)12-10/h2-5,7,10,13H,6H2,1H3,(H,12,14). The van der Waals surface area contributed by atoms with E-state index in [1.165, 1.54) is 0 Å². The van der Waals surface area contributed by atoms with Crippen LogP contribution < -0.4 is 5.32 Å². The summed E-state index contributed by atoms with van der Waals surface area (Å²) in [6.07, 6.45) is 0.175. The molecule has 74 valence electrons. The number of carbonyl (C=O) groups excluding carboxylic acids is 1. The second-order valence-corrected chi connectivity index (χ2v) is 3.70. The van der Waals surface area contributed by atoms with Crippen LogP contribution >= 0.6 is 0 Å². The first kappa shape index (κ1) is 9.21.